The van der Waals surface area contributed by atoms with Gasteiger partial charge in [0.2, 0.25) is 5.91 Å². The number of rotatable bonds is 7. The van der Waals surface area contributed by atoms with Gasteiger partial charge in [0, 0.05) is 25.2 Å². The van der Waals surface area contributed by atoms with Gasteiger partial charge in [0.25, 0.3) is 0 Å². The fourth-order valence-corrected chi connectivity index (χ4v) is 5.10. The number of allylic oxidation sites excluding steroid dienone is 1. The predicted octanol–water partition coefficient (Wildman–Crippen LogP) is 3.86. The van der Waals surface area contributed by atoms with E-state index in [0.29, 0.717) is 12.0 Å². The smallest absolute Gasteiger partial charge is 0.248 e. The lowest BCUT2D eigenvalue weighted by Crippen LogP contribution is -2.26. The van der Waals surface area contributed by atoms with Crippen LogP contribution in [-0.2, 0) is 6.42 Å². The Morgan fingerprint density at radius 1 is 1.19 bits per heavy atom. The molecule has 0 bridgehead atoms. The van der Waals surface area contributed by atoms with Crippen molar-refractivity contribution in [2.45, 2.75) is 38.2 Å². The summed E-state index contributed by atoms with van der Waals surface area (Å²) in [4.78, 5) is 13.9. The lowest BCUT2D eigenvalue weighted by Gasteiger charge is -2.18. The number of fused-ring (bicyclic) bond motifs is 1. The molecule has 1 amide bonds. The number of carbonyl (C=O) groups is 1. The molecule has 1 heterocycles. The normalized spacial score (nSPS) is 19.2. The largest absolute Gasteiger partial charge is 0.489 e. The van der Waals surface area contributed by atoms with Crippen molar-refractivity contribution >= 4 is 27.8 Å². The van der Waals surface area contributed by atoms with Gasteiger partial charge in [-0.15, -0.1) is 0 Å². The number of carbonyl (C=O) groups excluding carboxylic acids is 1. The quantitative estimate of drug-likeness (QED) is 0.674. The molecule has 0 saturated carbocycles. The van der Waals surface area contributed by atoms with Crippen molar-refractivity contribution in [3.05, 3.63) is 69.2 Å². The minimum Gasteiger partial charge on any atom is -0.489 e. The van der Waals surface area contributed by atoms with Crippen LogP contribution in [0, 0.1) is 0 Å². The summed E-state index contributed by atoms with van der Waals surface area (Å²) < 4.78 is 19.9. The van der Waals surface area contributed by atoms with E-state index < -0.39 is 0 Å². The molecule has 1 aliphatic heterocycles. The fourth-order valence-electron chi connectivity index (χ4n) is 4.58. The molecule has 2 aliphatic rings. The topological polar surface area (TPSA) is 55.6 Å². The first-order valence-electron chi connectivity index (χ1n) is 11.0. The van der Waals surface area contributed by atoms with Gasteiger partial charge < -0.3 is 10.5 Å². The highest BCUT2D eigenvalue weighted by Crippen LogP contribution is 2.35. The molecule has 0 aromatic heterocycles. The molecule has 1 atom stereocenters. The highest BCUT2D eigenvalue weighted by Gasteiger charge is 2.23. The summed E-state index contributed by atoms with van der Waals surface area (Å²) >= 11 is 2.91. The number of likely N-dealkylation sites (tertiary alicyclic amines) is 1. The molecule has 31 heavy (non-hydrogen) atoms. The Hall–Kier alpha value is -2.13. The van der Waals surface area contributed by atoms with Gasteiger partial charge >= 0.3 is 0 Å². The van der Waals surface area contributed by atoms with Crippen LogP contribution in [0.5, 0.6) is 5.75 Å². The molecular formula is C25H28AlFN2O2. The maximum Gasteiger partial charge on any atom is 0.248 e. The highest BCUT2D eigenvalue weighted by atomic mass is 27.0. The molecular weight excluding hydrogens is 406 g/mol. The van der Waals surface area contributed by atoms with Gasteiger partial charge in [0.05, 0.1) is 6.67 Å². The number of nitrogens with two attached hydrogens (primary N) is 1. The van der Waals surface area contributed by atoms with Gasteiger partial charge in [0.1, 0.15) is 11.9 Å². The monoisotopic (exact) mass is 434 g/mol. The Morgan fingerprint density at radius 2 is 2.00 bits per heavy atom. The molecule has 1 saturated heterocycles. The second-order valence-corrected chi connectivity index (χ2v) is 9.08. The van der Waals surface area contributed by atoms with Crippen LogP contribution in [0.3, 0.4) is 0 Å². The molecule has 2 aromatic carbocycles. The summed E-state index contributed by atoms with van der Waals surface area (Å²) in [5.41, 5.74) is 10.7. The van der Waals surface area contributed by atoms with Crippen molar-refractivity contribution < 1.29 is 13.9 Å². The first kappa shape index (κ1) is 22.1. The van der Waals surface area contributed by atoms with Crippen LogP contribution in [-0.4, -0.2) is 59.5 Å². The van der Waals surface area contributed by atoms with E-state index in [-0.39, 0.29) is 18.7 Å². The number of benzene rings is 2. The zero-order valence-electron chi connectivity index (χ0n) is 17.8. The van der Waals surface area contributed by atoms with E-state index in [0.717, 1.165) is 56.6 Å². The van der Waals surface area contributed by atoms with Gasteiger partial charge in [-0.1, -0.05) is 18.2 Å². The third-order valence-corrected chi connectivity index (χ3v) is 6.73. The van der Waals surface area contributed by atoms with Crippen molar-refractivity contribution in [3.8, 4) is 5.75 Å². The van der Waals surface area contributed by atoms with E-state index in [1.807, 2.05) is 30.3 Å². The Labute approximate surface area is 191 Å². The SMILES string of the molecule is NC(=O)c1ccc2c(c1)CCC[C]([Al])=C2c1ccc(O[C@H]2CCN(CCCF)C2)cc1. The van der Waals surface area contributed by atoms with Crippen LogP contribution in [0.15, 0.2) is 46.9 Å². The minimum absolute atomic E-state index is 0.160. The number of amides is 1. The van der Waals surface area contributed by atoms with Crippen molar-refractivity contribution in [2.24, 2.45) is 5.73 Å². The fraction of sp³-hybridized carbons (Fsp3) is 0.400. The minimum atomic E-state index is -0.389. The molecule has 0 unspecified atom stereocenters. The molecule has 4 nitrogen and oxygen atoms in total. The molecule has 160 valence electrons. The van der Waals surface area contributed by atoms with Gasteiger partial charge in [-0.3, -0.25) is 14.1 Å². The van der Waals surface area contributed by atoms with E-state index in [4.69, 9.17) is 10.5 Å². The van der Waals surface area contributed by atoms with E-state index in [1.54, 1.807) is 0 Å². The van der Waals surface area contributed by atoms with Crippen LogP contribution in [0.2, 0.25) is 0 Å². The van der Waals surface area contributed by atoms with E-state index in [2.05, 4.69) is 33.3 Å². The van der Waals surface area contributed by atoms with Gasteiger partial charge in [-0.05, 0) is 78.6 Å². The molecule has 1 aliphatic carbocycles. The third-order valence-electron chi connectivity index (χ3n) is 6.16. The second-order valence-electron chi connectivity index (χ2n) is 8.39. The Kier molecular flexibility index (Phi) is 7.12. The van der Waals surface area contributed by atoms with E-state index in [9.17, 15) is 9.18 Å². The molecule has 2 radical (unpaired) electrons. The predicted molar refractivity (Wildman–Crippen MR) is 122 cm³/mol. The lowest BCUT2D eigenvalue weighted by molar-refractivity contribution is 0.1000. The summed E-state index contributed by atoms with van der Waals surface area (Å²) in [6.07, 6.45) is 4.70. The van der Waals surface area contributed by atoms with Gasteiger partial charge in [-0.2, -0.15) is 4.44 Å². The van der Waals surface area contributed by atoms with E-state index >= 15 is 0 Å². The average molecular weight is 434 g/mol. The molecule has 2 aromatic rings. The number of halogens is 1. The summed E-state index contributed by atoms with van der Waals surface area (Å²) in [6, 6.07) is 14.1. The number of hydrogen-bond donors (Lipinski definition) is 1. The number of aryl methyl sites for hydroxylation is 1. The lowest BCUT2D eigenvalue weighted by atomic mass is 9.92. The van der Waals surface area contributed by atoms with Crippen molar-refractivity contribution in [1.82, 2.24) is 4.90 Å². The maximum absolute atomic E-state index is 12.4. The Morgan fingerprint density at radius 3 is 2.74 bits per heavy atom. The van der Waals surface area contributed by atoms with Crippen LogP contribution in [0.1, 0.15) is 52.7 Å². The summed E-state index contributed by atoms with van der Waals surface area (Å²) in [6.45, 7) is 2.37. The first-order chi connectivity index (χ1) is 15.0. The number of ether oxygens (including phenoxy) is 1. The van der Waals surface area contributed by atoms with Crippen LogP contribution < -0.4 is 10.5 Å². The second kappa shape index (κ2) is 10.00. The van der Waals surface area contributed by atoms with Crippen LogP contribution >= 0.6 is 0 Å². The zero-order valence-corrected chi connectivity index (χ0v) is 18.9. The highest BCUT2D eigenvalue weighted by molar-refractivity contribution is 6.26. The summed E-state index contributed by atoms with van der Waals surface area (Å²) in [5, 5.41) is 0. The van der Waals surface area contributed by atoms with Crippen molar-refractivity contribution in [3.63, 3.8) is 0 Å². The Balaban J connectivity index is 1.52. The Bertz CT molecular complexity index is 974. The maximum atomic E-state index is 12.4. The number of hydrogen-bond acceptors (Lipinski definition) is 3. The van der Waals surface area contributed by atoms with Gasteiger partial charge in [0.15, 0.2) is 16.3 Å². The standard InChI is InChI=1S/C25H28FN2O2.Al/c26-13-3-14-28-15-12-22(17-28)30-21-9-6-18(7-10-21)23-5-2-1-4-19-16-20(25(27)29)8-11-24(19)23;/h6-11,16,22H,1-4,12-15,17H2,(H2,27,29);/t22-;/m0./s1. The molecule has 6 heteroatoms. The zero-order chi connectivity index (χ0) is 21.8. The van der Waals surface area contributed by atoms with Crippen LogP contribution in [0.25, 0.3) is 5.57 Å². The molecule has 4 rings (SSSR count). The summed E-state index contributed by atoms with van der Waals surface area (Å²) in [5.74, 6) is 0.477. The van der Waals surface area contributed by atoms with E-state index in [1.165, 1.54) is 21.1 Å². The molecule has 0 spiro atoms. The number of primary amides is 1. The summed E-state index contributed by atoms with van der Waals surface area (Å²) in [7, 11) is 0. The number of nitrogens with zero attached hydrogens (tertiary/aromatic N) is 1. The molecule has 2 N–H and O–H groups in total. The molecule has 1 fully saturated rings. The first-order valence-corrected chi connectivity index (χ1v) is 11.6. The van der Waals surface area contributed by atoms with Crippen molar-refractivity contribution in [2.75, 3.05) is 26.3 Å². The van der Waals surface area contributed by atoms with Crippen LogP contribution in [0.4, 0.5) is 4.39 Å². The average Bonchev–Trinajstić information content (AvgIpc) is 3.14. The van der Waals surface area contributed by atoms with Crippen molar-refractivity contribution in [1.29, 1.82) is 0 Å². The number of alkyl halides is 1. The van der Waals surface area contributed by atoms with Gasteiger partial charge in [-0.25, -0.2) is 0 Å². The third kappa shape index (κ3) is 5.20.